The Kier molecular flexibility index (Phi) is 3.48. The van der Waals surface area contributed by atoms with Gasteiger partial charge in [0.2, 0.25) is 10.0 Å². The summed E-state index contributed by atoms with van der Waals surface area (Å²) >= 11 is 0. The maximum absolute atomic E-state index is 11.1. The zero-order valence-electron chi connectivity index (χ0n) is 8.05. The van der Waals surface area contributed by atoms with Crippen LogP contribution < -0.4 is 9.88 Å². The highest BCUT2D eigenvalue weighted by atomic mass is 35.7. The van der Waals surface area contributed by atoms with Gasteiger partial charge < -0.3 is 4.74 Å². The van der Waals surface area contributed by atoms with E-state index in [-0.39, 0.29) is 10.6 Å². The van der Waals surface area contributed by atoms with Gasteiger partial charge in [0, 0.05) is 10.7 Å². The normalized spacial score (nSPS) is 12.4. The van der Waals surface area contributed by atoms with Crippen LogP contribution in [-0.4, -0.2) is 23.9 Å². The topological polar surface area (TPSA) is 104 Å². The number of methoxy groups -OCH3 is 1. The molecule has 6 nitrogen and oxygen atoms in total. The number of rotatable bonds is 3. The predicted octanol–water partition coefficient (Wildman–Crippen LogP) is 0.270. The SMILES string of the molecule is COc1ccc(S(N)(=O)=O)cc1S(=O)(=O)Cl. The van der Waals surface area contributed by atoms with Gasteiger partial charge in [-0.05, 0) is 18.2 Å². The lowest BCUT2D eigenvalue weighted by atomic mass is 10.3. The fraction of sp³-hybridized carbons (Fsp3) is 0.143. The van der Waals surface area contributed by atoms with Gasteiger partial charge in [-0.15, -0.1) is 0 Å². The molecule has 0 aliphatic heterocycles. The Hall–Kier alpha value is -0.830. The first-order chi connectivity index (χ1) is 7.16. The van der Waals surface area contributed by atoms with Crippen molar-refractivity contribution in [2.45, 2.75) is 9.79 Å². The minimum absolute atomic E-state index is 0.0533. The van der Waals surface area contributed by atoms with Gasteiger partial charge >= 0.3 is 0 Å². The first-order valence-corrected chi connectivity index (χ1v) is 7.67. The zero-order valence-corrected chi connectivity index (χ0v) is 10.4. The molecule has 0 spiro atoms. The Labute approximate surface area is 97.4 Å². The summed E-state index contributed by atoms with van der Waals surface area (Å²) < 4.78 is 49.0. The minimum Gasteiger partial charge on any atom is -0.495 e. The van der Waals surface area contributed by atoms with Crippen LogP contribution in [-0.2, 0) is 19.1 Å². The van der Waals surface area contributed by atoms with Gasteiger partial charge in [0.25, 0.3) is 9.05 Å². The largest absolute Gasteiger partial charge is 0.495 e. The van der Waals surface area contributed by atoms with Crippen molar-refractivity contribution in [3.05, 3.63) is 18.2 Å². The predicted molar refractivity (Wildman–Crippen MR) is 57.4 cm³/mol. The molecule has 90 valence electrons. The second-order valence-electron chi connectivity index (χ2n) is 2.80. The van der Waals surface area contributed by atoms with E-state index in [9.17, 15) is 16.8 Å². The molecule has 0 saturated carbocycles. The molecular formula is C7H8ClNO5S2. The molecule has 0 atom stereocenters. The number of benzene rings is 1. The Morgan fingerprint density at radius 1 is 1.25 bits per heavy atom. The monoisotopic (exact) mass is 285 g/mol. The Bertz CT molecular complexity index is 608. The van der Waals surface area contributed by atoms with Crippen LogP contribution in [0.1, 0.15) is 0 Å². The molecule has 2 N–H and O–H groups in total. The molecule has 0 saturated heterocycles. The van der Waals surface area contributed by atoms with Crippen molar-refractivity contribution in [3.63, 3.8) is 0 Å². The standard InChI is InChI=1S/C7H8ClNO5S2/c1-14-6-3-2-5(16(9,12)13)4-7(6)15(8,10)11/h2-4H,1H3,(H2,9,12,13). The fourth-order valence-corrected chi connectivity index (χ4v) is 2.66. The third-order valence-corrected chi connectivity index (χ3v) is 3.98. The first kappa shape index (κ1) is 13.2. The first-order valence-electron chi connectivity index (χ1n) is 3.82. The number of sulfonamides is 1. The average Bonchev–Trinajstić information content (AvgIpc) is 2.14. The molecule has 1 aromatic carbocycles. The molecule has 0 unspecified atom stereocenters. The van der Waals surface area contributed by atoms with Gasteiger partial charge in [-0.25, -0.2) is 22.0 Å². The van der Waals surface area contributed by atoms with Crippen LogP contribution in [0.2, 0.25) is 0 Å². The summed E-state index contributed by atoms with van der Waals surface area (Å²) in [5, 5.41) is 4.85. The van der Waals surface area contributed by atoms with E-state index < -0.39 is 24.0 Å². The van der Waals surface area contributed by atoms with Crippen LogP contribution in [0.4, 0.5) is 0 Å². The van der Waals surface area contributed by atoms with Crippen molar-refractivity contribution in [1.82, 2.24) is 0 Å². The van der Waals surface area contributed by atoms with Gasteiger partial charge in [0.05, 0.1) is 12.0 Å². The summed E-state index contributed by atoms with van der Waals surface area (Å²) in [4.78, 5) is -0.796. The maximum atomic E-state index is 11.1. The maximum Gasteiger partial charge on any atom is 0.265 e. The van der Waals surface area contributed by atoms with Crippen molar-refractivity contribution < 1.29 is 21.6 Å². The highest BCUT2D eigenvalue weighted by molar-refractivity contribution is 8.13. The third kappa shape index (κ3) is 2.85. The summed E-state index contributed by atoms with van der Waals surface area (Å²) in [6, 6.07) is 3.13. The summed E-state index contributed by atoms with van der Waals surface area (Å²) in [7, 11) is -1.74. The molecule has 0 aliphatic rings. The molecule has 0 aromatic heterocycles. The van der Waals surface area contributed by atoms with E-state index in [0.29, 0.717) is 0 Å². The van der Waals surface area contributed by atoms with Gasteiger partial charge in [-0.1, -0.05) is 0 Å². The van der Waals surface area contributed by atoms with E-state index in [1.54, 1.807) is 0 Å². The zero-order chi connectivity index (χ0) is 12.6. The molecule has 1 aromatic rings. The van der Waals surface area contributed by atoms with Crippen LogP contribution in [0.5, 0.6) is 5.75 Å². The molecule has 0 fully saturated rings. The van der Waals surface area contributed by atoms with Crippen molar-refractivity contribution in [2.75, 3.05) is 7.11 Å². The molecule has 0 radical (unpaired) electrons. The van der Waals surface area contributed by atoms with Crippen LogP contribution >= 0.6 is 10.7 Å². The highest BCUT2D eigenvalue weighted by Gasteiger charge is 2.20. The lowest BCUT2D eigenvalue weighted by Crippen LogP contribution is -2.12. The molecule has 0 amide bonds. The van der Waals surface area contributed by atoms with Crippen molar-refractivity contribution >= 4 is 29.8 Å². The van der Waals surface area contributed by atoms with Gasteiger partial charge in [0.15, 0.2) is 0 Å². The van der Waals surface area contributed by atoms with Crippen LogP contribution in [0, 0.1) is 0 Å². The van der Waals surface area contributed by atoms with E-state index in [1.807, 2.05) is 0 Å². The number of primary sulfonamides is 1. The number of ether oxygens (including phenoxy) is 1. The second kappa shape index (κ2) is 4.21. The molecule has 0 bridgehead atoms. The van der Waals surface area contributed by atoms with E-state index in [2.05, 4.69) is 0 Å². The summed E-state index contributed by atoms with van der Waals surface area (Å²) in [5.74, 6) is -0.0533. The summed E-state index contributed by atoms with van der Waals surface area (Å²) in [6.07, 6.45) is 0. The van der Waals surface area contributed by atoms with E-state index in [4.69, 9.17) is 20.6 Å². The van der Waals surface area contributed by atoms with Crippen LogP contribution in [0.15, 0.2) is 28.0 Å². The van der Waals surface area contributed by atoms with Crippen LogP contribution in [0.3, 0.4) is 0 Å². The third-order valence-electron chi connectivity index (χ3n) is 1.73. The summed E-state index contributed by atoms with van der Waals surface area (Å²) in [5.41, 5.74) is 0. The molecule has 0 aliphatic carbocycles. The molecule has 16 heavy (non-hydrogen) atoms. The second-order valence-corrected chi connectivity index (χ2v) is 6.89. The number of hydrogen-bond donors (Lipinski definition) is 1. The lowest BCUT2D eigenvalue weighted by molar-refractivity contribution is 0.402. The smallest absolute Gasteiger partial charge is 0.265 e. The Morgan fingerprint density at radius 3 is 2.19 bits per heavy atom. The van der Waals surface area contributed by atoms with Crippen molar-refractivity contribution in [3.8, 4) is 5.75 Å². The summed E-state index contributed by atoms with van der Waals surface area (Å²) in [6.45, 7) is 0. The Morgan fingerprint density at radius 2 is 1.81 bits per heavy atom. The Balaban J connectivity index is 3.58. The van der Waals surface area contributed by atoms with Gasteiger partial charge in [-0.2, -0.15) is 0 Å². The van der Waals surface area contributed by atoms with Gasteiger partial charge in [0.1, 0.15) is 10.6 Å². The number of nitrogens with two attached hydrogens (primary N) is 1. The van der Waals surface area contributed by atoms with Crippen molar-refractivity contribution in [2.24, 2.45) is 5.14 Å². The van der Waals surface area contributed by atoms with E-state index >= 15 is 0 Å². The molecule has 1 rings (SSSR count). The number of halogens is 1. The van der Waals surface area contributed by atoms with Gasteiger partial charge in [-0.3, -0.25) is 0 Å². The highest BCUT2D eigenvalue weighted by Crippen LogP contribution is 2.28. The molecular weight excluding hydrogens is 278 g/mol. The van der Waals surface area contributed by atoms with E-state index in [0.717, 1.165) is 18.2 Å². The fourth-order valence-electron chi connectivity index (χ4n) is 1.02. The lowest BCUT2D eigenvalue weighted by Gasteiger charge is -2.06. The molecule has 0 heterocycles. The average molecular weight is 286 g/mol. The van der Waals surface area contributed by atoms with E-state index in [1.165, 1.54) is 7.11 Å². The van der Waals surface area contributed by atoms with Crippen molar-refractivity contribution in [1.29, 1.82) is 0 Å². The molecule has 9 heteroatoms. The quantitative estimate of drug-likeness (QED) is 0.803. The number of hydrogen-bond acceptors (Lipinski definition) is 5. The minimum atomic E-state index is -4.10. The van der Waals surface area contributed by atoms with Crippen LogP contribution in [0.25, 0.3) is 0 Å².